The van der Waals surface area contributed by atoms with Gasteiger partial charge in [0.05, 0.1) is 0 Å². The fourth-order valence-electron chi connectivity index (χ4n) is 2.35. The molecule has 0 amide bonds. The van der Waals surface area contributed by atoms with E-state index in [1.807, 2.05) is 0 Å². The average Bonchev–Trinajstić information content (AvgIpc) is 3.20. The lowest BCUT2D eigenvalue weighted by atomic mass is 10.1. The highest BCUT2D eigenvalue weighted by Gasteiger charge is 2.29. The molecule has 0 bridgehead atoms. The van der Waals surface area contributed by atoms with E-state index in [0.717, 1.165) is 12.8 Å². The highest BCUT2D eigenvalue weighted by atomic mass is 19.1. The molecular weight excluding hydrogens is 275 g/mol. The Morgan fingerprint density at radius 2 is 2.19 bits per heavy atom. The Balaban J connectivity index is 1.98. The summed E-state index contributed by atoms with van der Waals surface area (Å²) in [7, 11) is 0. The van der Waals surface area contributed by atoms with Crippen LogP contribution in [0.1, 0.15) is 24.6 Å². The van der Waals surface area contributed by atoms with E-state index in [9.17, 15) is 14.3 Å². The smallest absolute Gasteiger partial charge is 0.264 e. The van der Waals surface area contributed by atoms with Gasteiger partial charge in [-0.1, -0.05) is 12.1 Å². The zero-order chi connectivity index (χ0) is 14.6. The summed E-state index contributed by atoms with van der Waals surface area (Å²) in [6.07, 6.45) is 2.03. The molecule has 2 N–H and O–H groups in total. The number of aromatic nitrogens is 4. The number of aromatic hydroxyl groups is 1. The monoisotopic (exact) mass is 286 g/mol. The van der Waals surface area contributed by atoms with Gasteiger partial charge in [0.2, 0.25) is 11.7 Å². The molecule has 6 nitrogen and oxygen atoms in total. The zero-order valence-electron chi connectivity index (χ0n) is 10.9. The molecule has 106 valence electrons. The van der Waals surface area contributed by atoms with Crippen LogP contribution in [0.25, 0.3) is 16.9 Å². The van der Waals surface area contributed by atoms with Gasteiger partial charge in [-0.05, 0) is 30.5 Å². The van der Waals surface area contributed by atoms with E-state index in [1.54, 1.807) is 6.07 Å². The molecule has 0 unspecified atom stereocenters. The lowest BCUT2D eigenvalue weighted by molar-refractivity contribution is 0.436. The Bertz CT molecular complexity index is 911. The van der Waals surface area contributed by atoms with Gasteiger partial charge in [-0.15, -0.1) is 5.10 Å². The summed E-state index contributed by atoms with van der Waals surface area (Å²) < 4.78 is 14.5. The molecule has 1 aromatic carbocycles. The Morgan fingerprint density at radius 3 is 2.90 bits per heavy atom. The summed E-state index contributed by atoms with van der Waals surface area (Å²) in [5, 5.41) is 14.5. The van der Waals surface area contributed by atoms with Gasteiger partial charge in [-0.25, -0.2) is 4.39 Å². The normalized spacial score (nSPS) is 14.7. The van der Waals surface area contributed by atoms with Gasteiger partial charge in [0.25, 0.3) is 5.56 Å². The number of H-pyrrole nitrogens is 1. The molecule has 1 aliphatic rings. The van der Waals surface area contributed by atoms with Crippen LogP contribution >= 0.6 is 0 Å². The van der Waals surface area contributed by atoms with E-state index in [0.29, 0.717) is 17.3 Å². The van der Waals surface area contributed by atoms with Crippen LogP contribution in [0, 0.1) is 5.82 Å². The van der Waals surface area contributed by atoms with Crippen LogP contribution in [0.15, 0.2) is 29.1 Å². The van der Waals surface area contributed by atoms with E-state index in [-0.39, 0.29) is 17.2 Å². The quantitative estimate of drug-likeness (QED) is 0.752. The fraction of sp³-hybridized carbons (Fsp3) is 0.214. The van der Waals surface area contributed by atoms with Gasteiger partial charge in [0.15, 0.2) is 5.82 Å². The number of hydrogen-bond acceptors (Lipinski definition) is 4. The van der Waals surface area contributed by atoms with E-state index in [2.05, 4.69) is 15.1 Å². The van der Waals surface area contributed by atoms with Gasteiger partial charge in [-0.2, -0.15) is 9.50 Å². The number of nitrogens with one attached hydrogen (secondary N) is 1. The van der Waals surface area contributed by atoms with Crippen molar-refractivity contribution in [2.45, 2.75) is 18.8 Å². The summed E-state index contributed by atoms with van der Waals surface area (Å²) in [6.45, 7) is 0. The van der Waals surface area contributed by atoms with Crippen LogP contribution in [0.2, 0.25) is 0 Å². The lowest BCUT2D eigenvalue weighted by Gasteiger charge is -2.04. The molecule has 0 spiro atoms. The SMILES string of the molecule is O=c1[nH]c2nc(C3CC3)nn2c(O)c1-c1cccc(F)c1. The Kier molecular flexibility index (Phi) is 2.38. The van der Waals surface area contributed by atoms with Crippen molar-refractivity contribution < 1.29 is 9.50 Å². The van der Waals surface area contributed by atoms with Gasteiger partial charge in [0.1, 0.15) is 11.4 Å². The van der Waals surface area contributed by atoms with Crippen LogP contribution in [0.3, 0.4) is 0 Å². The lowest BCUT2D eigenvalue weighted by Crippen LogP contribution is -2.13. The molecule has 1 saturated carbocycles. The van der Waals surface area contributed by atoms with Crippen molar-refractivity contribution in [1.29, 1.82) is 0 Å². The number of aromatic amines is 1. The van der Waals surface area contributed by atoms with Crippen LogP contribution in [-0.2, 0) is 0 Å². The predicted molar refractivity (Wildman–Crippen MR) is 72.6 cm³/mol. The van der Waals surface area contributed by atoms with Crippen molar-refractivity contribution in [2.24, 2.45) is 0 Å². The molecule has 7 heteroatoms. The largest absolute Gasteiger partial charge is 0.493 e. The maximum Gasteiger partial charge on any atom is 0.264 e. The summed E-state index contributed by atoms with van der Waals surface area (Å²) >= 11 is 0. The summed E-state index contributed by atoms with van der Waals surface area (Å²) in [4.78, 5) is 18.9. The van der Waals surface area contributed by atoms with Crippen LogP contribution in [0.4, 0.5) is 4.39 Å². The number of nitrogens with zero attached hydrogens (tertiary/aromatic N) is 3. The van der Waals surface area contributed by atoms with Crippen molar-refractivity contribution in [3.05, 3.63) is 46.3 Å². The average molecular weight is 286 g/mol. The second-order valence-corrected chi connectivity index (χ2v) is 5.14. The summed E-state index contributed by atoms with van der Waals surface area (Å²) in [5.41, 5.74) is -0.256. The molecule has 3 aromatic rings. The molecule has 2 heterocycles. The standard InChI is InChI=1S/C14H11FN4O2/c15-9-3-1-2-8(6-9)10-12(20)17-14-16-11(7-4-5-7)18-19(14)13(10)21/h1-3,6-7,21H,4-5H2,(H,16,17,18,20). The van der Waals surface area contributed by atoms with Gasteiger partial charge >= 0.3 is 0 Å². The first-order valence-electron chi connectivity index (χ1n) is 6.61. The molecule has 0 saturated heterocycles. The molecule has 0 aliphatic heterocycles. The Morgan fingerprint density at radius 1 is 1.38 bits per heavy atom. The third-order valence-corrected chi connectivity index (χ3v) is 3.56. The maximum absolute atomic E-state index is 13.3. The van der Waals surface area contributed by atoms with E-state index in [4.69, 9.17) is 0 Å². The maximum atomic E-state index is 13.3. The summed E-state index contributed by atoms with van der Waals surface area (Å²) in [6, 6.07) is 5.49. The van der Waals surface area contributed by atoms with Crippen LogP contribution in [0.5, 0.6) is 5.88 Å². The molecule has 1 aliphatic carbocycles. The van der Waals surface area contributed by atoms with Gasteiger partial charge in [0, 0.05) is 5.92 Å². The predicted octanol–water partition coefficient (Wildman–Crippen LogP) is 1.81. The van der Waals surface area contributed by atoms with E-state index in [1.165, 1.54) is 22.7 Å². The van der Waals surface area contributed by atoms with Gasteiger partial charge in [-0.3, -0.25) is 9.78 Å². The van der Waals surface area contributed by atoms with Crippen molar-refractivity contribution >= 4 is 5.78 Å². The number of fused-ring (bicyclic) bond motifs is 1. The highest BCUT2D eigenvalue weighted by molar-refractivity contribution is 5.68. The number of benzene rings is 1. The van der Waals surface area contributed by atoms with Crippen molar-refractivity contribution in [3.63, 3.8) is 0 Å². The number of halogens is 1. The molecule has 21 heavy (non-hydrogen) atoms. The zero-order valence-corrected chi connectivity index (χ0v) is 10.9. The molecule has 0 atom stereocenters. The minimum absolute atomic E-state index is 0.0192. The third-order valence-electron chi connectivity index (χ3n) is 3.56. The second-order valence-electron chi connectivity index (χ2n) is 5.14. The van der Waals surface area contributed by atoms with Crippen LogP contribution < -0.4 is 5.56 Å². The van der Waals surface area contributed by atoms with E-state index < -0.39 is 11.4 Å². The molecular formula is C14H11FN4O2. The first-order valence-corrected chi connectivity index (χ1v) is 6.61. The summed E-state index contributed by atoms with van der Waals surface area (Å²) in [5.74, 6) is 0.282. The van der Waals surface area contributed by atoms with Crippen LogP contribution in [-0.4, -0.2) is 24.7 Å². The van der Waals surface area contributed by atoms with Crippen molar-refractivity contribution in [2.75, 3.05) is 0 Å². The molecule has 2 aromatic heterocycles. The Labute approximate surface area is 117 Å². The molecule has 1 fully saturated rings. The first-order chi connectivity index (χ1) is 10.1. The highest BCUT2D eigenvalue weighted by Crippen LogP contribution is 2.38. The second kappa shape index (κ2) is 4.15. The number of hydrogen-bond donors (Lipinski definition) is 2. The number of rotatable bonds is 2. The van der Waals surface area contributed by atoms with Gasteiger partial charge < -0.3 is 5.11 Å². The fourth-order valence-corrected chi connectivity index (χ4v) is 2.35. The van der Waals surface area contributed by atoms with Crippen molar-refractivity contribution in [3.8, 4) is 17.0 Å². The third kappa shape index (κ3) is 1.89. The first kappa shape index (κ1) is 12.1. The topological polar surface area (TPSA) is 83.3 Å². The molecule has 4 rings (SSSR count). The molecule has 0 radical (unpaired) electrons. The minimum Gasteiger partial charge on any atom is -0.493 e. The minimum atomic E-state index is -0.527. The van der Waals surface area contributed by atoms with Crippen molar-refractivity contribution in [1.82, 2.24) is 19.6 Å². The Hall–Kier alpha value is -2.70. The van der Waals surface area contributed by atoms with E-state index >= 15 is 0 Å².